The second-order valence-corrected chi connectivity index (χ2v) is 9.09. The first-order valence-corrected chi connectivity index (χ1v) is 11.3. The molecule has 0 radical (unpaired) electrons. The maximum Gasteiger partial charge on any atom is 0.244 e. The first-order valence-electron chi connectivity index (χ1n) is 10.4. The van der Waals surface area contributed by atoms with Crippen LogP contribution in [0.3, 0.4) is 0 Å². The van der Waals surface area contributed by atoms with Gasteiger partial charge in [0.25, 0.3) is 0 Å². The van der Waals surface area contributed by atoms with E-state index in [-0.39, 0.29) is 5.91 Å². The Morgan fingerprint density at radius 3 is 2.78 bits per heavy atom. The Morgan fingerprint density at radius 2 is 2.00 bits per heavy atom. The van der Waals surface area contributed by atoms with Gasteiger partial charge >= 0.3 is 0 Å². The molecule has 7 heteroatoms. The van der Waals surface area contributed by atoms with Crippen LogP contribution < -0.4 is 19.5 Å². The number of nitrogens with one attached hydrogen (secondary N) is 1. The van der Waals surface area contributed by atoms with Gasteiger partial charge in [-0.15, -0.1) is 11.3 Å². The van der Waals surface area contributed by atoms with Gasteiger partial charge in [-0.1, -0.05) is 18.2 Å². The van der Waals surface area contributed by atoms with Crippen molar-refractivity contribution in [1.29, 1.82) is 0 Å². The number of hydrogen-bond donors (Lipinski definition) is 1. The van der Waals surface area contributed by atoms with Crippen LogP contribution in [-0.2, 0) is 16.9 Å². The number of carbonyl (C=O) groups is 1. The van der Waals surface area contributed by atoms with Gasteiger partial charge in [-0.2, -0.15) is 0 Å². The van der Waals surface area contributed by atoms with Crippen LogP contribution in [0.15, 0.2) is 53.9 Å². The van der Waals surface area contributed by atoms with Crippen molar-refractivity contribution in [2.75, 3.05) is 13.2 Å². The van der Waals surface area contributed by atoms with E-state index < -0.39 is 5.54 Å². The molecule has 32 heavy (non-hydrogen) atoms. The van der Waals surface area contributed by atoms with Crippen LogP contribution in [0.25, 0.3) is 6.08 Å². The van der Waals surface area contributed by atoms with E-state index in [1.54, 1.807) is 17.4 Å². The molecule has 0 unspecified atom stereocenters. The van der Waals surface area contributed by atoms with Gasteiger partial charge in [0.2, 0.25) is 5.91 Å². The summed E-state index contributed by atoms with van der Waals surface area (Å²) in [6, 6.07) is 13.4. The quantitative estimate of drug-likeness (QED) is 0.520. The Balaban J connectivity index is 1.37. The van der Waals surface area contributed by atoms with Gasteiger partial charge in [-0.05, 0) is 62.2 Å². The molecule has 2 heterocycles. The molecule has 0 saturated carbocycles. The molecule has 0 bridgehead atoms. The van der Waals surface area contributed by atoms with Crippen LogP contribution in [-0.4, -0.2) is 24.1 Å². The lowest BCUT2D eigenvalue weighted by Crippen LogP contribution is -2.40. The molecule has 1 aromatic heterocycles. The van der Waals surface area contributed by atoms with Crippen molar-refractivity contribution in [2.24, 2.45) is 0 Å². The largest absolute Gasteiger partial charge is 0.487 e. The van der Waals surface area contributed by atoms with Gasteiger partial charge in [0, 0.05) is 11.5 Å². The standard InChI is InChI=1S/C25H26N2O4S/c1-17-26-20(16-32-17)15-31-21-6-4-5-18(13-21)7-10-24(28)27-25(2,3)19-8-9-22-23(14-19)30-12-11-29-22/h4-10,13-14,16H,11-12,15H2,1-3H3,(H,27,28)/b10-7+. The summed E-state index contributed by atoms with van der Waals surface area (Å²) < 4.78 is 17.1. The molecule has 2 aromatic carbocycles. The summed E-state index contributed by atoms with van der Waals surface area (Å²) in [6.45, 7) is 7.38. The van der Waals surface area contributed by atoms with E-state index in [1.807, 2.05) is 68.6 Å². The molecule has 3 aromatic rings. The molecule has 1 aliphatic heterocycles. The molecular weight excluding hydrogens is 424 g/mol. The van der Waals surface area contributed by atoms with E-state index in [0.29, 0.717) is 25.6 Å². The van der Waals surface area contributed by atoms with Gasteiger partial charge in [0.1, 0.15) is 25.6 Å². The Hall–Kier alpha value is -3.32. The zero-order valence-corrected chi connectivity index (χ0v) is 19.2. The number of ether oxygens (including phenoxy) is 3. The Morgan fingerprint density at radius 1 is 1.19 bits per heavy atom. The number of nitrogens with zero attached hydrogens (tertiary/aromatic N) is 1. The third kappa shape index (κ3) is 5.48. The third-order valence-electron chi connectivity index (χ3n) is 5.04. The maximum atomic E-state index is 12.6. The van der Waals surface area contributed by atoms with Crippen molar-refractivity contribution in [1.82, 2.24) is 10.3 Å². The third-order valence-corrected chi connectivity index (χ3v) is 5.86. The van der Waals surface area contributed by atoms with Crippen molar-refractivity contribution in [3.8, 4) is 17.2 Å². The zero-order valence-electron chi connectivity index (χ0n) is 18.4. The minimum absolute atomic E-state index is 0.186. The minimum atomic E-state index is -0.576. The molecule has 166 valence electrons. The highest BCUT2D eigenvalue weighted by molar-refractivity contribution is 7.09. The van der Waals surface area contributed by atoms with E-state index in [9.17, 15) is 4.79 Å². The first kappa shape index (κ1) is 21.9. The number of aryl methyl sites for hydroxylation is 1. The fourth-order valence-corrected chi connectivity index (χ4v) is 3.96. The molecule has 1 aliphatic rings. The van der Waals surface area contributed by atoms with E-state index in [0.717, 1.165) is 33.3 Å². The van der Waals surface area contributed by atoms with Crippen LogP contribution in [0.4, 0.5) is 0 Å². The lowest BCUT2D eigenvalue weighted by atomic mass is 9.93. The van der Waals surface area contributed by atoms with Crippen molar-refractivity contribution in [3.05, 3.63) is 75.7 Å². The average molecular weight is 451 g/mol. The molecule has 1 N–H and O–H groups in total. The van der Waals surface area contributed by atoms with Gasteiger partial charge in [-0.25, -0.2) is 4.98 Å². The highest BCUT2D eigenvalue weighted by Crippen LogP contribution is 2.34. The van der Waals surface area contributed by atoms with Crippen molar-refractivity contribution in [3.63, 3.8) is 0 Å². The lowest BCUT2D eigenvalue weighted by Gasteiger charge is -2.28. The SMILES string of the molecule is Cc1nc(COc2cccc(/C=C/C(=O)NC(C)(C)c3ccc4c(c3)OCCO4)c2)cs1. The van der Waals surface area contributed by atoms with Crippen LogP contribution in [0.2, 0.25) is 0 Å². The van der Waals surface area contributed by atoms with Crippen LogP contribution in [0.1, 0.15) is 35.7 Å². The predicted molar refractivity (Wildman–Crippen MR) is 125 cm³/mol. The van der Waals surface area contributed by atoms with Crippen molar-refractivity contribution >= 4 is 23.3 Å². The highest BCUT2D eigenvalue weighted by Gasteiger charge is 2.24. The van der Waals surface area contributed by atoms with E-state index in [4.69, 9.17) is 14.2 Å². The normalized spacial score (nSPS) is 13.2. The van der Waals surface area contributed by atoms with Crippen LogP contribution >= 0.6 is 11.3 Å². The molecule has 0 aliphatic carbocycles. The monoisotopic (exact) mass is 450 g/mol. The number of rotatable bonds is 7. The average Bonchev–Trinajstić information content (AvgIpc) is 3.21. The Labute approximate surface area is 191 Å². The summed E-state index contributed by atoms with van der Waals surface area (Å²) in [4.78, 5) is 17.0. The number of amides is 1. The van der Waals surface area contributed by atoms with E-state index in [2.05, 4.69) is 10.3 Å². The molecular formula is C25H26N2O4S. The van der Waals surface area contributed by atoms with Crippen LogP contribution in [0, 0.1) is 6.92 Å². The summed E-state index contributed by atoms with van der Waals surface area (Å²) in [5, 5.41) is 6.06. The predicted octanol–water partition coefficient (Wildman–Crippen LogP) is 4.87. The number of carbonyl (C=O) groups excluding carboxylic acids is 1. The van der Waals surface area contributed by atoms with Gasteiger partial charge in [0.15, 0.2) is 11.5 Å². The molecule has 0 fully saturated rings. The Kier molecular flexibility index (Phi) is 6.46. The summed E-state index contributed by atoms with van der Waals surface area (Å²) in [6.07, 6.45) is 3.30. The van der Waals surface area contributed by atoms with Gasteiger partial charge in [-0.3, -0.25) is 4.79 Å². The summed E-state index contributed by atoms with van der Waals surface area (Å²) in [5.74, 6) is 1.98. The number of aromatic nitrogens is 1. The summed E-state index contributed by atoms with van der Waals surface area (Å²) in [5.41, 5.74) is 2.16. The maximum absolute atomic E-state index is 12.6. The molecule has 0 spiro atoms. The number of thiazole rings is 1. The number of hydrogen-bond acceptors (Lipinski definition) is 6. The smallest absolute Gasteiger partial charge is 0.244 e. The highest BCUT2D eigenvalue weighted by atomic mass is 32.1. The fourth-order valence-electron chi connectivity index (χ4n) is 3.37. The van der Waals surface area contributed by atoms with Gasteiger partial charge < -0.3 is 19.5 Å². The van der Waals surface area contributed by atoms with E-state index >= 15 is 0 Å². The van der Waals surface area contributed by atoms with Crippen molar-refractivity contribution < 1.29 is 19.0 Å². The topological polar surface area (TPSA) is 69.7 Å². The zero-order chi connectivity index (χ0) is 22.6. The number of benzene rings is 2. The number of fused-ring (bicyclic) bond motifs is 1. The molecule has 6 nitrogen and oxygen atoms in total. The fraction of sp³-hybridized carbons (Fsp3) is 0.280. The second-order valence-electron chi connectivity index (χ2n) is 8.03. The lowest BCUT2D eigenvalue weighted by molar-refractivity contribution is -0.118. The molecule has 1 amide bonds. The minimum Gasteiger partial charge on any atom is -0.487 e. The Bertz CT molecular complexity index is 1140. The summed E-state index contributed by atoms with van der Waals surface area (Å²) >= 11 is 1.60. The molecule has 0 saturated heterocycles. The van der Waals surface area contributed by atoms with Crippen LogP contribution in [0.5, 0.6) is 17.2 Å². The molecule has 4 rings (SSSR count). The summed E-state index contributed by atoms with van der Waals surface area (Å²) in [7, 11) is 0. The second kappa shape index (κ2) is 9.44. The van der Waals surface area contributed by atoms with Crippen molar-refractivity contribution in [2.45, 2.75) is 32.9 Å². The van der Waals surface area contributed by atoms with E-state index in [1.165, 1.54) is 6.08 Å². The first-order chi connectivity index (χ1) is 15.4. The van der Waals surface area contributed by atoms with Gasteiger partial charge in [0.05, 0.1) is 16.2 Å². The molecule has 0 atom stereocenters.